The lowest BCUT2D eigenvalue weighted by Gasteiger charge is -2.39. The molecule has 2 aromatic rings. The molecule has 5 nitrogen and oxygen atoms in total. The van der Waals surface area contributed by atoms with Gasteiger partial charge in [0.2, 0.25) is 13.6 Å². The fourth-order valence-corrected chi connectivity index (χ4v) is 4.20. The molecule has 0 aromatic heterocycles. The van der Waals surface area contributed by atoms with Gasteiger partial charge in [0.25, 0.3) is 0 Å². The smallest absolute Gasteiger partial charge is 0.231 e. The van der Waals surface area contributed by atoms with Gasteiger partial charge in [-0.2, -0.15) is 0 Å². The van der Waals surface area contributed by atoms with Crippen LogP contribution in [0.4, 0.5) is 0 Å². The van der Waals surface area contributed by atoms with Crippen LogP contribution < -0.4 is 24.3 Å². The molecule has 0 saturated heterocycles. The van der Waals surface area contributed by atoms with Crippen LogP contribution in [0.2, 0.25) is 0 Å². The minimum atomic E-state index is 0. The van der Waals surface area contributed by atoms with E-state index >= 15 is 0 Å². The summed E-state index contributed by atoms with van der Waals surface area (Å²) >= 11 is 0. The summed E-state index contributed by atoms with van der Waals surface area (Å²) in [5, 5.41) is 3.75. The van der Waals surface area contributed by atoms with Crippen LogP contribution in [0.15, 0.2) is 24.3 Å². The first-order chi connectivity index (χ1) is 11.3. The van der Waals surface area contributed by atoms with Crippen molar-refractivity contribution in [2.75, 3.05) is 13.6 Å². The van der Waals surface area contributed by atoms with Crippen LogP contribution >= 0.6 is 12.4 Å². The summed E-state index contributed by atoms with van der Waals surface area (Å²) in [4.78, 5) is 0. The highest BCUT2D eigenvalue weighted by Crippen LogP contribution is 2.47. The van der Waals surface area contributed by atoms with Gasteiger partial charge in [-0.1, -0.05) is 0 Å². The molecule has 4 heterocycles. The highest BCUT2D eigenvalue weighted by molar-refractivity contribution is 5.85. The van der Waals surface area contributed by atoms with Gasteiger partial charge in [-0.15, -0.1) is 12.4 Å². The van der Waals surface area contributed by atoms with E-state index in [0.29, 0.717) is 25.7 Å². The Labute approximate surface area is 145 Å². The molecule has 0 spiro atoms. The second-order valence-corrected chi connectivity index (χ2v) is 6.49. The molecule has 4 aliphatic heterocycles. The Morgan fingerprint density at radius 3 is 1.54 bits per heavy atom. The second-order valence-electron chi connectivity index (χ2n) is 6.49. The number of nitrogens with one attached hydrogen (secondary N) is 1. The monoisotopic (exact) mass is 345 g/mol. The van der Waals surface area contributed by atoms with Crippen LogP contribution in [-0.2, 0) is 12.8 Å². The maximum atomic E-state index is 5.55. The predicted octanol–water partition coefficient (Wildman–Crippen LogP) is 3.05. The van der Waals surface area contributed by atoms with Crippen LogP contribution in [0.25, 0.3) is 0 Å². The van der Waals surface area contributed by atoms with Crippen molar-refractivity contribution < 1.29 is 18.9 Å². The van der Waals surface area contributed by atoms with Crippen molar-refractivity contribution in [3.05, 3.63) is 46.5 Å². The number of fused-ring (bicyclic) bond motifs is 8. The van der Waals surface area contributed by atoms with Crippen LogP contribution in [0.3, 0.4) is 0 Å². The van der Waals surface area contributed by atoms with Gasteiger partial charge in [-0.05, 0) is 59.4 Å². The molecule has 0 amide bonds. The fourth-order valence-electron chi connectivity index (χ4n) is 4.20. The Balaban J connectivity index is 0.00000131. The van der Waals surface area contributed by atoms with Crippen LogP contribution in [0, 0.1) is 0 Å². The predicted molar refractivity (Wildman–Crippen MR) is 88.4 cm³/mol. The third kappa shape index (κ3) is 1.85. The number of benzene rings is 2. The molecular formula is C18H16ClNO4. The van der Waals surface area contributed by atoms with Gasteiger partial charge < -0.3 is 24.3 Å². The Morgan fingerprint density at radius 2 is 1.08 bits per heavy atom. The second kappa shape index (κ2) is 4.94. The van der Waals surface area contributed by atoms with Crippen LogP contribution in [0.1, 0.15) is 34.3 Å². The van der Waals surface area contributed by atoms with Gasteiger partial charge in [0.1, 0.15) is 0 Å². The number of rotatable bonds is 0. The highest BCUT2D eigenvalue weighted by atomic mass is 35.5. The van der Waals surface area contributed by atoms with Crippen molar-refractivity contribution in [2.45, 2.75) is 24.9 Å². The molecule has 124 valence electrons. The minimum Gasteiger partial charge on any atom is -0.454 e. The van der Waals surface area contributed by atoms with E-state index in [9.17, 15) is 0 Å². The Kier molecular flexibility index (Phi) is 2.94. The standard InChI is InChI=1S/C18H15NO4.ClH/c1-9-3-15-17(22-7-20-15)5-11(9)14-2-10-4-16-18(23-8-21-16)6-12(10)13(1)19-14;/h3-6,13-14,19H,1-2,7-8H2;1H. The number of hydrogen-bond donors (Lipinski definition) is 1. The molecule has 1 N–H and O–H groups in total. The molecule has 0 radical (unpaired) electrons. The maximum absolute atomic E-state index is 5.55. The zero-order valence-corrected chi connectivity index (χ0v) is 13.7. The third-order valence-corrected chi connectivity index (χ3v) is 5.27. The van der Waals surface area contributed by atoms with Crippen molar-refractivity contribution in [1.29, 1.82) is 0 Å². The molecule has 4 aliphatic rings. The summed E-state index contributed by atoms with van der Waals surface area (Å²) in [6, 6.07) is 9.21. The average Bonchev–Trinajstić information content (AvgIpc) is 3.19. The van der Waals surface area contributed by atoms with E-state index in [1.54, 1.807) is 0 Å². The largest absolute Gasteiger partial charge is 0.454 e. The van der Waals surface area contributed by atoms with Gasteiger partial charge in [0.05, 0.1) is 0 Å². The molecule has 6 heteroatoms. The van der Waals surface area contributed by atoms with E-state index in [-0.39, 0.29) is 12.4 Å². The molecule has 2 bridgehead atoms. The quantitative estimate of drug-likeness (QED) is 0.795. The van der Waals surface area contributed by atoms with Crippen LogP contribution in [-0.4, -0.2) is 13.6 Å². The summed E-state index contributed by atoms with van der Waals surface area (Å²) in [5.74, 6) is 3.46. The molecule has 24 heavy (non-hydrogen) atoms. The fraction of sp³-hybridized carbons (Fsp3) is 0.333. The van der Waals surface area contributed by atoms with E-state index in [0.717, 1.165) is 35.8 Å². The first-order valence-electron chi connectivity index (χ1n) is 7.96. The van der Waals surface area contributed by atoms with E-state index < -0.39 is 0 Å². The highest BCUT2D eigenvalue weighted by Gasteiger charge is 2.36. The zero-order chi connectivity index (χ0) is 15.0. The van der Waals surface area contributed by atoms with E-state index in [1.807, 2.05) is 0 Å². The van der Waals surface area contributed by atoms with Gasteiger partial charge in [0, 0.05) is 12.1 Å². The van der Waals surface area contributed by atoms with Gasteiger partial charge >= 0.3 is 0 Å². The summed E-state index contributed by atoms with van der Waals surface area (Å²) in [6.07, 6.45) is 1.91. The van der Waals surface area contributed by atoms with E-state index in [2.05, 4.69) is 29.6 Å². The zero-order valence-electron chi connectivity index (χ0n) is 12.8. The van der Waals surface area contributed by atoms with Crippen molar-refractivity contribution in [1.82, 2.24) is 5.32 Å². The summed E-state index contributed by atoms with van der Waals surface area (Å²) < 4.78 is 22.2. The van der Waals surface area contributed by atoms with Gasteiger partial charge in [-0.25, -0.2) is 0 Å². The first kappa shape index (κ1) is 14.3. The van der Waals surface area contributed by atoms with Crippen LogP contribution in [0.5, 0.6) is 23.0 Å². The van der Waals surface area contributed by atoms with Crippen molar-refractivity contribution in [3.63, 3.8) is 0 Å². The Bertz CT molecular complexity index is 784. The lowest BCUT2D eigenvalue weighted by atomic mass is 9.78. The summed E-state index contributed by atoms with van der Waals surface area (Å²) in [6.45, 7) is 0.642. The molecule has 0 fully saturated rings. The van der Waals surface area contributed by atoms with Crippen molar-refractivity contribution in [2.24, 2.45) is 0 Å². The average molecular weight is 346 g/mol. The van der Waals surface area contributed by atoms with E-state index in [1.165, 1.54) is 22.3 Å². The number of hydrogen-bond acceptors (Lipinski definition) is 5. The molecule has 0 aliphatic carbocycles. The van der Waals surface area contributed by atoms with Crippen molar-refractivity contribution >= 4 is 12.4 Å². The molecule has 2 aromatic carbocycles. The lowest BCUT2D eigenvalue weighted by Crippen LogP contribution is -2.38. The van der Waals surface area contributed by atoms with Gasteiger partial charge in [0.15, 0.2) is 23.0 Å². The van der Waals surface area contributed by atoms with Crippen molar-refractivity contribution in [3.8, 4) is 23.0 Å². The minimum absolute atomic E-state index is 0. The normalized spacial score (nSPS) is 24.0. The lowest BCUT2D eigenvalue weighted by molar-refractivity contribution is 0.173. The van der Waals surface area contributed by atoms with Gasteiger partial charge in [-0.3, -0.25) is 0 Å². The first-order valence-corrected chi connectivity index (χ1v) is 7.96. The Hall–Kier alpha value is -2.11. The molecule has 2 unspecified atom stereocenters. The molecule has 0 saturated carbocycles. The Morgan fingerprint density at radius 1 is 0.667 bits per heavy atom. The van der Waals surface area contributed by atoms with E-state index in [4.69, 9.17) is 18.9 Å². The SMILES string of the molecule is Cl.c1c2c(cc3c1OCO3)C1Cc3cc4c(cc3C(C2)N1)OCO4. The number of halogens is 1. The third-order valence-electron chi connectivity index (χ3n) is 5.27. The summed E-state index contributed by atoms with van der Waals surface area (Å²) in [5.41, 5.74) is 5.36. The maximum Gasteiger partial charge on any atom is 0.231 e. The molecule has 2 atom stereocenters. The summed E-state index contributed by atoms with van der Waals surface area (Å²) in [7, 11) is 0. The topological polar surface area (TPSA) is 49.0 Å². The number of ether oxygens (including phenoxy) is 4. The molecule has 6 rings (SSSR count). The molecular weight excluding hydrogens is 330 g/mol.